The summed E-state index contributed by atoms with van der Waals surface area (Å²) in [7, 11) is -3.97. The van der Waals surface area contributed by atoms with Crippen LogP contribution in [-0.2, 0) is 43.2 Å². The van der Waals surface area contributed by atoms with Gasteiger partial charge in [0.2, 0.25) is 27.7 Å². The fourth-order valence-electron chi connectivity index (χ4n) is 5.26. The number of amides is 3. The van der Waals surface area contributed by atoms with Crippen LogP contribution in [0.25, 0.3) is 0 Å². The van der Waals surface area contributed by atoms with Gasteiger partial charge in [0.15, 0.2) is 0 Å². The van der Waals surface area contributed by atoms with Gasteiger partial charge >= 0.3 is 0 Å². The molecule has 2 aliphatic rings. The number of rotatable bonds is 11. The number of carbonyl (C=O) groups excluding carboxylic acids is 3. The largest absolute Gasteiger partial charge is 0.350 e. The molecule has 10 nitrogen and oxygen atoms in total. The lowest BCUT2D eigenvalue weighted by atomic mass is 10.1. The van der Waals surface area contributed by atoms with Crippen LogP contribution >= 0.6 is 11.6 Å². The van der Waals surface area contributed by atoms with Gasteiger partial charge in [-0.05, 0) is 54.5 Å². The number of benzene rings is 2. The second-order valence-corrected chi connectivity index (χ2v) is 12.4. The quantitative estimate of drug-likeness (QED) is 0.365. The number of hydrogen-bond acceptors (Lipinski definition) is 6. The van der Waals surface area contributed by atoms with Crippen molar-refractivity contribution >= 4 is 39.3 Å². The van der Waals surface area contributed by atoms with Crippen molar-refractivity contribution in [2.45, 2.75) is 63.0 Å². The Labute approximate surface area is 240 Å². The summed E-state index contributed by atoms with van der Waals surface area (Å²) in [4.78, 5) is 43.0. The van der Waals surface area contributed by atoms with E-state index in [-0.39, 0.29) is 43.6 Å². The van der Waals surface area contributed by atoms with Crippen LogP contribution in [0.2, 0.25) is 5.02 Å². The first-order valence-corrected chi connectivity index (χ1v) is 15.6. The molecule has 0 radical (unpaired) electrons. The third kappa shape index (κ3) is 7.81. The van der Waals surface area contributed by atoms with Crippen LogP contribution in [0.15, 0.2) is 48.5 Å². The van der Waals surface area contributed by atoms with E-state index in [0.717, 1.165) is 24.0 Å². The van der Waals surface area contributed by atoms with Gasteiger partial charge in [0.25, 0.3) is 0 Å². The molecule has 1 unspecified atom stereocenters. The average Bonchev–Trinajstić information content (AvgIpc) is 3.64. The maximum Gasteiger partial charge on any atom is 0.243 e. The third-order valence-electron chi connectivity index (χ3n) is 7.34. The van der Waals surface area contributed by atoms with E-state index in [1.807, 2.05) is 0 Å². The van der Waals surface area contributed by atoms with E-state index in [1.165, 1.54) is 4.90 Å². The summed E-state index contributed by atoms with van der Waals surface area (Å²) in [5.74, 6) is -1.55. The number of hydrogen-bond donors (Lipinski definition) is 3. The normalized spacial score (nSPS) is 18.1. The number of sulfonamides is 1. The number of nitrogens with two attached hydrogens (primary N) is 1. The fourth-order valence-corrected chi connectivity index (χ4v) is 6.79. The minimum Gasteiger partial charge on any atom is -0.350 e. The Bertz CT molecular complexity index is 1320. The van der Waals surface area contributed by atoms with Crippen LogP contribution in [0.3, 0.4) is 0 Å². The summed E-state index contributed by atoms with van der Waals surface area (Å²) in [5.41, 5.74) is 8.00. The second kappa shape index (κ2) is 13.6. The van der Waals surface area contributed by atoms with E-state index in [1.54, 1.807) is 53.4 Å². The molecule has 12 heteroatoms. The maximum atomic E-state index is 13.8. The molecule has 2 atom stereocenters. The first kappa shape index (κ1) is 30.0. The van der Waals surface area contributed by atoms with E-state index < -0.39 is 28.0 Å². The van der Waals surface area contributed by atoms with Crippen molar-refractivity contribution in [2.24, 2.45) is 5.73 Å². The molecule has 4 rings (SSSR count). The van der Waals surface area contributed by atoms with Gasteiger partial charge in [0.1, 0.15) is 12.1 Å². The van der Waals surface area contributed by atoms with Crippen LogP contribution in [0, 0.1) is 0 Å². The smallest absolute Gasteiger partial charge is 0.243 e. The Kier molecular flexibility index (Phi) is 10.2. The molecule has 0 aromatic heterocycles. The monoisotopic (exact) mass is 589 g/mol. The van der Waals surface area contributed by atoms with Crippen molar-refractivity contribution in [1.82, 2.24) is 19.8 Å². The molecular weight excluding hydrogens is 554 g/mol. The minimum atomic E-state index is -3.97. The third-order valence-corrected chi connectivity index (χ3v) is 8.93. The molecule has 2 saturated heterocycles. The highest BCUT2D eigenvalue weighted by Gasteiger charge is 2.39. The predicted octanol–water partition coefficient (Wildman–Crippen LogP) is 1.91. The molecule has 216 valence electrons. The summed E-state index contributed by atoms with van der Waals surface area (Å²) in [6.07, 6.45) is 2.45. The molecule has 0 spiro atoms. The topological polar surface area (TPSA) is 142 Å². The minimum absolute atomic E-state index is 0.186. The lowest BCUT2D eigenvalue weighted by Gasteiger charge is -2.29. The first-order valence-electron chi connectivity index (χ1n) is 13.5. The molecule has 0 bridgehead atoms. The van der Waals surface area contributed by atoms with E-state index in [0.29, 0.717) is 36.5 Å². The van der Waals surface area contributed by atoms with Crippen molar-refractivity contribution in [2.75, 3.05) is 19.6 Å². The van der Waals surface area contributed by atoms with Crippen molar-refractivity contribution in [1.29, 1.82) is 0 Å². The van der Waals surface area contributed by atoms with Crippen LogP contribution in [-0.4, -0.2) is 67.7 Å². The Morgan fingerprint density at radius 1 is 1.00 bits per heavy atom. The Morgan fingerprint density at radius 3 is 2.42 bits per heavy atom. The molecule has 0 aliphatic carbocycles. The highest BCUT2D eigenvalue weighted by atomic mass is 35.5. The zero-order chi connectivity index (χ0) is 28.7. The van der Waals surface area contributed by atoms with Gasteiger partial charge in [-0.3, -0.25) is 14.4 Å². The van der Waals surface area contributed by atoms with Gasteiger partial charge in [-0.2, -0.15) is 0 Å². The van der Waals surface area contributed by atoms with E-state index in [9.17, 15) is 22.8 Å². The van der Waals surface area contributed by atoms with Crippen LogP contribution in [0.5, 0.6) is 0 Å². The number of carbonyl (C=O) groups is 3. The molecule has 3 amide bonds. The molecule has 2 aromatic rings. The van der Waals surface area contributed by atoms with Crippen molar-refractivity contribution in [3.63, 3.8) is 0 Å². The predicted molar refractivity (Wildman–Crippen MR) is 152 cm³/mol. The zero-order valence-electron chi connectivity index (χ0n) is 22.4. The molecule has 40 heavy (non-hydrogen) atoms. The Balaban J connectivity index is 1.48. The summed E-state index contributed by atoms with van der Waals surface area (Å²) >= 11 is 6.11. The van der Waals surface area contributed by atoms with Crippen LogP contribution in [0.4, 0.5) is 0 Å². The van der Waals surface area contributed by atoms with Gasteiger partial charge in [0.05, 0.1) is 12.2 Å². The van der Waals surface area contributed by atoms with Gasteiger partial charge in [-0.25, -0.2) is 13.1 Å². The van der Waals surface area contributed by atoms with Gasteiger partial charge < -0.3 is 20.9 Å². The molecule has 2 fully saturated rings. The van der Waals surface area contributed by atoms with E-state index in [4.69, 9.17) is 17.3 Å². The number of likely N-dealkylation sites (tertiary alicyclic amines) is 2. The summed E-state index contributed by atoms with van der Waals surface area (Å²) in [6, 6.07) is 11.8. The van der Waals surface area contributed by atoms with Crippen molar-refractivity contribution < 1.29 is 22.8 Å². The second-order valence-electron chi connectivity index (χ2n) is 10.2. The standard InChI is InChI=1S/C28H36ClN5O5S/c29-23-11-10-21(17-30)22(15-23)18-31-27(36)25-9-6-14-34(25)28(37)24(16-26(35)33-12-4-5-13-33)32-40(38,39)19-20-7-2-1-3-8-20/h1-3,7-8,10-11,15,24-25,32H,4-6,9,12-14,16-19,30H2,(H,31,36)/t24?,25-/m0/s1. The van der Waals surface area contributed by atoms with E-state index >= 15 is 0 Å². The molecule has 2 aromatic carbocycles. The van der Waals surface area contributed by atoms with Crippen molar-refractivity contribution in [3.05, 3.63) is 70.2 Å². The fraction of sp³-hybridized carbons (Fsp3) is 0.464. The highest BCUT2D eigenvalue weighted by Crippen LogP contribution is 2.22. The van der Waals surface area contributed by atoms with Gasteiger partial charge in [-0.1, -0.05) is 48.0 Å². The average molecular weight is 590 g/mol. The van der Waals surface area contributed by atoms with Gasteiger partial charge in [0, 0.05) is 37.7 Å². The molecule has 4 N–H and O–H groups in total. The highest BCUT2D eigenvalue weighted by molar-refractivity contribution is 7.88. The van der Waals surface area contributed by atoms with Gasteiger partial charge in [-0.15, -0.1) is 0 Å². The van der Waals surface area contributed by atoms with Crippen LogP contribution < -0.4 is 15.8 Å². The number of nitrogens with zero attached hydrogens (tertiary/aromatic N) is 2. The maximum absolute atomic E-state index is 13.8. The Morgan fingerprint density at radius 2 is 1.73 bits per heavy atom. The van der Waals surface area contributed by atoms with Crippen LogP contribution in [0.1, 0.15) is 48.8 Å². The summed E-state index contributed by atoms with van der Waals surface area (Å²) in [6.45, 7) is 1.92. The SMILES string of the molecule is NCc1ccc(Cl)cc1CNC(=O)[C@@H]1CCCN1C(=O)C(CC(=O)N1CCCC1)NS(=O)(=O)Cc1ccccc1. The van der Waals surface area contributed by atoms with Crippen molar-refractivity contribution in [3.8, 4) is 0 Å². The zero-order valence-corrected chi connectivity index (χ0v) is 23.9. The van der Waals surface area contributed by atoms with E-state index in [2.05, 4.69) is 10.0 Å². The number of nitrogens with one attached hydrogen (secondary N) is 2. The lowest BCUT2D eigenvalue weighted by molar-refractivity contribution is -0.142. The summed E-state index contributed by atoms with van der Waals surface area (Å²) in [5, 5.41) is 3.39. The Hall–Kier alpha value is -2.99. The lowest BCUT2D eigenvalue weighted by Crippen LogP contribution is -2.54. The molecule has 2 heterocycles. The molecular formula is C28H36ClN5O5S. The number of halogens is 1. The molecule has 2 aliphatic heterocycles. The molecule has 0 saturated carbocycles. The first-order chi connectivity index (χ1) is 19.2. The summed E-state index contributed by atoms with van der Waals surface area (Å²) < 4.78 is 28.7.